The van der Waals surface area contributed by atoms with Gasteiger partial charge in [0.1, 0.15) is 0 Å². The van der Waals surface area contributed by atoms with E-state index in [1.165, 1.54) is 0 Å². The molecular formula is C27H23BrN2O3. The first-order chi connectivity index (χ1) is 16.0. The first-order valence-electron chi connectivity index (χ1n) is 10.8. The molecule has 0 fully saturated rings. The number of amides is 1. The van der Waals surface area contributed by atoms with Gasteiger partial charge >= 0.3 is 5.97 Å². The van der Waals surface area contributed by atoms with Crippen LogP contribution in [0.5, 0.6) is 0 Å². The first kappa shape index (κ1) is 22.7. The number of unbranched alkanes of at least 4 members (excludes halogenated alkanes) is 1. The lowest BCUT2D eigenvalue weighted by molar-refractivity contribution is 0.0499. The maximum atomic E-state index is 13.2. The summed E-state index contributed by atoms with van der Waals surface area (Å²) >= 11 is 3.49. The number of rotatable bonds is 7. The molecule has 0 saturated carbocycles. The summed E-state index contributed by atoms with van der Waals surface area (Å²) in [7, 11) is 0. The summed E-state index contributed by atoms with van der Waals surface area (Å²) < 4.78 is 6.17. The van der Waals surface area contributed by atoms with Crippen molar-refractivity contribution in [3.05, 3.63) is 94.5 Å². The van der Waals surface area contributed by atoms with Crippen LogP contribution in [-0.2, 0) is 4.74 Å². The first-order valence-corrected chi connectivity index (χ1v) is 11.6. The number of aromatic nitrogens is 1. The van der Waals surface area contributed by atoms with Gasteiger partial charge in [-0.1, -0.05) is 59.6 Å². The zero-order valence-corrected chi connectivity index (χ0v) is 19.8. The van der Waals surface area contributed by atoms with Crippen LogP contribution < -0.4 is 5.32 Å². The summed E-state index contributed by atoms with van der Waals surface area (Å²) in [5, 5.41) is 3.70. The molecule has 33 heavy (non-hydrogen) atoms. The topological polar surface area (TPSA) is 68.3 Å². The van der Waals surface area contributed by atoms with Gasteiger partial charge in [-0.2, -0.15) is 0 Å². The highest BCUT2D eigenvalue weighted by molar-refractivity contribution is 9.10. The Morgan fingerprint density at radius 3 is 2.52 bits per heavy atom. The molecule has 3 aromatic carbocycles. The summed E-state index contributed by atoms with van der Waals surface area (Å²) in [5.74, 6) is -0.608. The van der Waals surface area contributed by atoms with Crippen molar-refractivity contribution in [2.45, 2.75) is 19.8 Å². The predicted octanol–water partition coefficient (Wildman–Crippen LogP) is 6.87. The zero-order valence-electron chi connectivity index (χ0n) is 18.2. The second-order valence-corrected chi connectivity index (χ2v) is 8.52. The van der Waals surface area contributed by atoms with E-state index in [1.54, 1.807) is 30.3 Å². The quantitative estimate of drug-likeness (QED) is 0.221. The average molecular weight is 503 g/mol. The number of halogens is 1. The number of carbonyl (C=O) groups is 2. The molecule has 6 heteroatoms. The number of benzene rings is 3. The molecule has 5 nitrogen and oxygen atoms in total. The molecule has 1 N–H and O–H groups in total. The van der Waals surface area contributed by atoms with Crippen LogP contribution in [0.3, 0.4) is 0 Å². The van der Waals surface area contributed by atoms with Gasteiger partial charge in [0, 0.05) is 21.1 Å². The zero-order chi connectivity index (χ0) is 23.2. The summed E-state index contributed by atoms with van der Waals surface area (Å²) in [6.45, 7) is 2.45. The van der Waals surface area contributed by atoms with Crippen molar-refractivity contribution in [1.29, 1.82) is 0 Å². The molecule has 4 rings (SSSR count). The van der Waals surface area contributed by atoms with Gasteiger partial charge in [0.05, 0.1) is 28.9 Å². The lowest BCUT2D eigenvalue weighted by Gasteiger charge is -2.11. The standard InChI is InChI=1S/C27H23BrN2O3/c1-2-3-15-33-27(32)18-11-13-21(14-12-18)29-26(31)23-17-25(19-7-6-8-20(28)16-19)30-24-10-5-4-9-22(23)24/h4-14,16-17H,2-3,15H2,1H3,(H,29,31). The molecule has 4 aromatic rings. The molecule has 0 spiro atoms. The molecule has 0 atom stereocenters. The smallest absolute Gasteiger partial charge is 0.338 e. The van der Waals surface area contributed by atoms with Crippen molar-refractivity contribution in [2.75, 3.05) is 11.9 Å². The van der Waals surface area contributed by atoms with E-state index in [-0.39, 0.29) is 11.9 Å². The number of hydrogen-bond donors (Lipinski definition) is 1. The number of esters is 1. The van der Waals surface area contributed by atoms with Gasteiger partial charge in [-0.15, -0.1) is 0 Å². The Kier molecular flexibility index (Phi) is 7.15. The Morgan fingerprint density at radius 1 is 0.970 bits per heavy atom. The third kappa shape index (κ3) is 5.46. The highest BCUT2D eigenvalue weighted by Gasteiger charge is 2.15. The number of anilines is 1. The number of nitrogens with one attached hydrogen (secondary N) is 1. The van der Waals surface area contributed by atoms with Crippen molar-refractivity contribution in [3.63, 3.8) is 0 Å². The Balaban J connectivity index is 1.60. The molecule has 0 aliphatic rings. The molecular weight excluding hydrogens is 480 g/mol. The van der Waals surface area contributed by atoms with Gasteiger partial charge in [-0.25, -0.2) is 9.78 Å². The highest BCUT2D eigenvalue weighted by Crippen LogP contribution is 2.27. The van der Waals surface area contributed by atoms with Gasteiger partial charge < -0.3 is 10.1 Å². The Labute approximate surface area is 200 Å². The van der Waals surface area contributed by atoms with Crippen LogP contribution in [0.4, 0.5) is 5.69 Å². The molecule has 0 radical (unpaired) electrons. The maximum absolute atomic E-state index is 13.2. The van der Waals surface area contributed by atoms with Gasteiger partial charge in [0.15, 0.2) is 0 Å². The van der Waals surface area contributed by atoms with E-state index in [0.717, 1.165) is 33.8 Å². The number of pyridine rings is 1. The number of carbonyl (C=O) groups excluding carboxylic acids is 2. The van der Waals surface area contributed by atoms with Crippen LogP contribution in [0.2, 0.25) is 0 Å². The number of fused-ring (bicyclic) bond motifs is 1. The second kappa shape index (κ2) is 10.4. The maximum Gasteiger partial charge on any atom is 0.338 e. The fourth-order valence-electron chi connectivity index (χ4n) is 3.44. The number of ether oxygens (including phenoxy) is 1. The Bertz CT molecular complexity index is 1300. The number of hydrogen-bond acceptors (Lipinski definition) is 4. The average Bonchev–Trinajstić information content (AvgIpc) is 2.84. The van der Waals surface area contributed by atoms with Crippen LogP contribution in [0, 0.1) is 0 Å². The highest BCUT2D eigenvalue weighted by atomic mass is 79.9. The van der Waals surface area contributed by atoms with E-state index in [2.05, 4.69) is 21.2 Å². The molecule has 1 aromatic heterocycles. The third-order valence-electron chi connectivity index (χ3n) is 5.19. The normalized spacial score (nSPS) is 10.7. The molecule has 1 amide bonds. The van der Waals surface area contributed by atoms with Crippen molar-refractivity contribution >= 4 is 44.4 Å². The fraction of sp³-hybridized carbons (Fsp3) is 0.148. The van der Waals surface area contributed by atoms with E-state index < -0.39 is 0 Å². The lowest BCUT2D eigenvalue weighted by Crippen LogP contribution is -2.13. The molecule has 0 bridgehead atoms. The van der Waals surface area contributed by atoms with Crippen LogP contribution in [0.1, 0.15) is 40.5 Å². The number of nitrogens with zero attached hydrogens (tertiary/aromatic N) is 1. The molecule has 0 aliphatic heterocycles. The third-order valence-corrected chi connectivity index (χ3v) is 5.68. The van der Waals surface area contributed by atoms with Crippen molar-refractivity contribution in [3.8, 4) is 11.3 Å². The van der Waals surface area contributed by atoms with Gasteiger partial charge in [0.25, 0.3) is 5.91 Å². The van der Waals surface area contributed by atoms with Crippen molar-refractivity contribution in [2.24, 2.45) is 0 Å². The largest absolute Gasteiger partial charge is 0.462 e. The second-order valence-electron chi connectivity index (χ2n) is 7.60. The van der Waals surface area contributed by atoms with Crippen LogP contribution >= 0.6 is 15.9 Å². The predicted molar refractivity (Wildman–Crippen MR) is 134 cm³/mol. The minimum atomic E-state index is -0.361. The van der Waals surface area contributed by atoms with Crippen LogP contribution in [-0.4, -0.2) is 23.5 Å². The molecule has 166 valence electrons. The summed E-state index contributed by atoms with van der Waals surface area (Å²) in [4.78, 5) is 30.1. The fourth-order valence-corrected chi connectivity index (χ4v) is 3.84. The molecule has 1 heterocycles. The SMILES string of the molecule is CCCCOC(=O)c1ccc(NC(=O)c2cc(-c3cccc(Br)c3)nc3ccccc23)cc1. The van der Waals surface area contributed by atoms with E-state index in [0.29, 0.717) is 29.1 Å². The monoisotopic (exact) mass is 502 g/mol. The van der Waals surface area contributed by atoms with E-state index in [1.807, 2.05) is 55.5 Å². The Hall–Kier alpha value is -3.51. The van der Waals surface area contributed by atoms with Gasteiger partial charge in [-0.05, 0) is 55.0 Å². The van der Waals surface area contributed by atoms with Crippen molar-refractivity contribution in [1.82, 2.24) is 4.98 Å². The summed E-state index contributed by atoms with van der Waals surface area (Å²) in [5.41, 5.74) is 3.94. The van der Waals surface area contributed by atoms with Crippen LogP contribution in [0.25, 0.3) is 22.2 Å². The molecule has 0 unspecified atom stereocenters. The minimum Gasteiger partial charge on any atom is -0.462 e. The minimum absolute atomic E-state index is 0.247. The summed E-state index contributed by atoms with van der Waals surface area (Å²) in [6.07, 6.45) is 1.80. The van der Waals surface area contributed by atoms with E-state index >= 15 is 0 Å². The van der Waals surface area contributed by atoms with Gasteiger partial charge in [0.2, 0.25) is 0 Å². The van der Waals surface area contributed by atoms with Crippen molar-refractivity contribution < 1.29 is 14.3 Å². The molecule has 0 aliphatic carbocycles. The van der Waals surface area contributed by atoms with Crippen LogP contribution in [0.15, 0.2) is 83.3 Å². The van der Waals surface area contributed by atoms with E-state index in [9.17, 15) is 9.59 Å². The lowest BCUT2D eigenvalue weighted by atomic mass is 10.0. The van der Waals surface area contributed by atoms with Gasteiger partial charge in [-0.3, -0.25) is 4.79 Å². The summed E-state index contributed by atoms with van der Waals surface area (Å²) in [6, 6.07) is 23.9. The van der Waals surface area contributed by atoms with E-state index in [4.69, 9.17) is 9.72 Å². The Morgan fingerprint density at radius 2 is 1.76 bits per heavy atom. The number of para-hydroxylation sites is 1. The molecule has 0 saturated heterocycles.